The number of methoxy groups -OCH3 is 1. The van der Waals surface area contributed by atoms with E-state index in [9.17, 15) is 4.79 Å². The first-order chi connectivity index (χ1) is 13.2. The number of benzene rings is 2. The lowest BCUT2D eigenvalue weighted by atomic mass is 10.2. The molecule has 0 fully saturated rings. The zero-order valence-electron chi connectivity index (χ0n) is 15.3. The molecule has 6 nitrogen and oxygen atoms in total. The minimum absolute atomic E-state index is 0.0899. The molecule has 7 heteroatoms. The third kappa shape index (κ3) is 5.34. The Kier molecular flexibility index (Phi) is 6.49. The maximum Gasteiger partial charge on any atom is 0.322 e. The summed E-state index contributed by atoms with van der Waals surface area (Å²) in [5.74, 6) is 1.66. The van der Waals surface area contributed by atoms with E-state index in [1.54, 1.807) is 18.9 Å². The Hall–Kier alpha value is -2.80. The maximum absolute atomic E-state index is 12.1. The number of carbonyl (C=O) groups excluding carboxylic acids is 1. The van der Waals surface area contributed by atoms with Crippen molar-refractivity contribution in [3.8, 4) is 17.2 Å². The van der Waals surface area contributed by atoms with Gasteiger partial charge in [-0.2, -0.15) is 0 Å². The molecule has 2 aromatic carbocycles. The van der Waals surface area contributed by atoms with Crippen molar-refractivity contribution in [1.29, 1.82) is 0 Å². The fourth-order valence-electron chi connectivity index (χ4n) is 2.44. The molecule has 3 aromatic rings. The van der Waals surface area contributed by atoms with Gasteiger partial charge in [-0.25, -0.2) is 0 Å². The summed E-state index contributed by atoms with van der Waals surface area (Å²) in [6.45, 7) is 2.07. The van der Waals surface area contributed by atoms with Crippen molar-refractivity contribution in [3.05, 3.63) is 54.1 Å². The molecule has 0 bridgehead atoms. The Morgan fingerprint density at radius 3 is 2.70 bits per heavy atom. The first-order valence-electron chi connectivity index (χ1n) is 8.62. The highest BCUT2D eigenvalue weighted by Gasteiger charge is 2.14. The predicted octanol–water partition coefficient (Wildman–Crippen LogP) is 4.56. The molecule has 0 spiro atoms. The molecule has 0 atom stereocenters. The lowest BCUT2D eigenvalue weighted by molar-refractivity contribution is -0.116. The van der Waals surface area contributed by atoms with Crippen LogP contribution in [0.3, 0.4) is 0 Å². The van der Waals surface area contributed by atoms with Crippen molar-refractivity contribution in [2.24, 2.45) is 0 Å². The summed E-state index contributed by atoms with van der Waals surface area (Å²) in [5, 5.41) is 10.5. The van der Waals surface area contributed by atoms with Crippen LogP contribution in [-0.4, -0.2) is 29.0 Å². The van der Waals surface area contributed by atoms with Crippen LogP contribution in [0.25, 0.3) is 11.5 Å². The maximum atomic E-state index is 12.1. The highest BCUT2D eigenvalue weighted by Crippen LogP contribution is 2.29. The Labute approximate surface area is 162 Å². The number of nitrogens with one attached hydrogen (secondary N) is 1. The van der Waals surface area contributed by atoms with E-state index in [1.807, 2.05) is 24.3 Å². The van der Waals surface area contributed by atoms with Gasteiger partial charge in [0, 0.05) is 11.3 Å². The van der Waals surface area contributed by atoms with Gasteiger partial charge in [-0.1, -0.05) is 34.9 Å². The van der Waals surface area contributed by atoms with Gasteiger partial charge in [-0.15, -0.1) is 16.9 Å². The van der Waals surface area contributed by atoms with Crippen LogP contribution in [-0.2, 0) is 4.79 Å². The zero-order valence-corrected chi connectivity index (χ0v) is 16.1. The van der Waals surface area contributed by atoms with Gasteiger partial charge >= 0.3 is 6.01 Å². The van der Waals surface area contributed by atoms with E-state index in [1.165, 1.54) is 10.5 Å². The molecule has 0 unspecified atom stereocenters. The summed E-state index contributed by atoms with van der Waals surface area (Å²) in [7, 11) is 1.58. The minimum atomic E-state index is -0.144. The molecule has 0 saturated heterocycles. The van der Waals surface area contributed by atoms with Crippen LogP contribution in [0.2, 0.25) is 0 Å². The van der Waals surface area contributed by atoms with Crippen LogP contribution in [0.1, 0.15) is 18.4 Å². The summed E-state index contributed by atoms with van der Waals surface area (Å²) in [6, 6.07) is 15.8. The van der Waals surface area contributed by atoms with Gasteiger partial charge in [0.05, 0.1) is 12.7 Å². The molecular formula is C20H21N3O3S. The molecule has 1 N–H and O–H groups in total. The summed E-state index contributed by atoms with van der Waals surface area (Å²) in [6.07, 6.45) is 1.16. The molecular weight excluding hydrogens is 362 g/mol. The zero-order chi connectivity index (χ0) is 19.1. The van der Waals surface area contributed by atoms with E-state index in [0.717, 1.165) is 12.2 Å². The number of para-hydroxylation sites is 1. The van der Waals surface area contributed by atoms with Crippen molar-refractivity contribution in [2.45, 2.75) is 24.7 Å². The average molecular weight is 383 g/mol. The number of thioether (sulfide) groups is 1. The fraction of sp³-hybridized carbons (Fsp3) is 0.250. The Morgan fingerprint density at radius 2 is 1.93 bits per heavy atom. The SMILES string of the molecule is COc1ccccc1-c1nnc(NC(=O)CCCSc2ccc(C)cc2)o1. The number of amides is 1. The number of rotatable bonds is 8. The molecule has 0 aliphatic heterocycles. The molecule has 1 amide bonds. The molecule has 27 heavy (non-hydrogen) atoms. The van der Waals surface area contributed by atoms with Gasteiger partial charge in [0.25, 0.3) is 5.89 Å². The molecule has 1 heterocycles. The quantitative estimate of drug-likeness (QED) is 0.454. The monoisotopic (exact) mass is 383 g/mol. The van der Waals surface area contributed by atoms with Crippen LogP contribution in [0.4, 0.5) is 6.01 Å². The lowest BCUT2D eigenvalue weighted by Gasteiger charge is -2.04. The van der Waals surface area contributed by atoms with Crippen molar-refractivity contribution >= 4 is 23.7 Å². The average Bonchev–Trinajstić information content (AvgIpc) is 3.14. The highest BCUT2D eigenvalue weighted by molar-refractivity contribution is 7.99. The number of nitrogens with zero attached hydrogens (tertiary/aromatic N) is 2. The number of hydrogen-bond donors (Lipinski definition) is 1. The molecule has 3 rings (SSSR count). The number of hydrogen-bond acceptors (Lipinski definition) is 6. The van der Waals surface area contributed by atoms with E-state index in [4.69, 9.17) is 9.15 Å². The summed E-state index contributed by atoms with van der Waals surface area (Å²) in [5.41, 5.74) is 1.92. The van der Waals surface area contributed by atoms with Crippen molar-refractivity contribution < 1.29 is 13.9 Å². The van der Waals surface area contributed by atoms with Gasteiger partial charge in [-0.3, -0.25) is 10.1 Å². The number of aromatic nitrogens is 2. The second-order valence-electron chi connectivity index (χ2n) is 5.93. The molecule has 0 aliphatic rings. The standard InChI is InChI=1S/C20H21N3O3S/c1-14-9-11-15(12-10-14)27-13-5-8-18(24)21-20-23-22-19(26-20)16-6-3-4-7-17(16)25-2/h3-4,6-7,9-12H,5,8,13H2,1-2H3,(H,21,23,24). The third-order valence-corrected chi connectivity index (χ3v) is 4.94. The first kappa shape index (κ1) is 19.0. The predicted molar refractivity (Wildman–Crippen MR) is 106 cm³/mol. The Morgan fingerprint density at radius 1 is 1.15 bits per heavy atom. The summed E-state index contributed by atoms with van der Waals surface area (Å²) in [4.78, 5) is 13.3. The minimum Gasteiger partial charge on any atom is -0.496 e. The number of anilines is 1. The van der Waals surface area contributed by atoms with Crippen molar-refractivity contribution in [1.82, 2.24) is 10.2 Å². The van der Waals surface area contributed by atoms with E-state index in [-0.39, 0.29) is 11.9 Å². The van der Waals surface area contributed by atoms with Gasteiger partial charge in [0.1, 0.15) is 5.75 Å². The van der Waals surface area contributed by atoms with Crippen LogP contribution in [0.15, 0.2) is 57.8 Å². The highest BCUT2D eigenvalue weighted by atomic mass is 32.2. The van der Waals surface area contributed by atoms with E-state index in [2.05, 4.69) is 46.7 Å². The van der Waals surface area contributed by atoms with Gasteiger partial charge < -0.3 is 9.15 Å². The molecule has 0 aliphatic carbocycles. The molecule has 1 aromatic heterocycles. The van der Waals surface area contributed by atoms with Gasteiger partial charge in [0.15, 0.2) is 0 Å². The fourth-order valence-corrected chi connectivity index (χ4v) is 3.30. The number of carbonyl (C=O) groups is 1. The largest absolute Gasteiger partial charge is 0.496 e. The summed E-state index contributed by atoms with van der Waals surface area (Å²) < 4.78 is 10.8. The van der Waals surface area contributed by atoms with Crippen LogP contribution < -0.4 is 10.1 Å². The lowest BCUT2D eigenvalue weighted by Crippen LogP contribution is -2.11. The van der Waals surface area contributed by atoms with Gasteiger partial charge in [0.2, 0.25) is 5.91 Å². The Bertz CT molecular complexity index is 893. The number of aryl methyl sites for hydroxylation is 1. The van der Waals surface area contributed by atoms with Crippen LogP contribution in [0.5, 0.6) is 5.75 Å². The van der Waals surface area contributed by atoms with Crippen LogP contribution in [0, 0.1) is 6.92 Å². The third-order valence-electron chi connectivity index (χ3n) is 3.85. The molecule has 140 valence electrons. The summed E-state index contributed by atoms with van der Waals surface area (Å²) >= 11 is 1.74. The molecule has 0 saturated carbocycles. The smallest absolute Gasteiger partial charge is 0.322 e. The topological polar surface area (TPSA) is 77.3 Å². The van der Waals surface area contributed by atoms with Crippen molar-refractivity contribution in [2.75, 3.05) is 18.2 Å². The Balaban J connectivity index is 1.47. The molecule has 0 radical (unpaired) electrons. The van der Waals surface area contributed by atoms with E-state index < -0.39 is 0 Å². The number of ether oxygens (including phenoxy) is 1. The van der Waals surface area contributed by atoms with E-state index >= 15 is 0 Å². The van der Waals surface area contributed by atoms with Crippen LogP contribution >= 0.6 is 11.8 Å². The second-order valence-corrected chi connectivity index (χ2v) is 7.09. The normalized spacial score (nSPS) is 10.6. The van der Waals surface area contributed by atoms with Crippen molar-refractivity contribution in [3.63, 3.8) is 0 Å². The first-order valence-corrected chi connectivity index (χ1v) is 9.60. The second kappa shape index (κ2) is 9.23. The van der Waals surface area contributed by atoms with Gasteiger partial charge in [-0.05, 0) is 43.4 Å². The van der Waals surface area contributed by atoms with E-state index in [0.29, 0.717) is 23.6 Å².